The van der Waals surface area contributed by atoms with E-state index in [-0.39, 0.29) is 24.0 Å². The lowest BCUT2D eigenvalue weighted by atomic mass is 9.44. The smallest absolute Gasteiger partial charge is 0.308 e. The van der Waals surface area contributed by atoms with E-state index in [0.29, 0.717) is 29.1 Å². The molecule has 0 radical (unpaired) electrons. The molecule has 4 rings (SSSR count). The molecule has 34 heavy (non-hydrogen) atoms. The van der Waals surface area contributed by atoms with Crippen molar-refractivity contribution in [2.45, 2.75) is 118 Å². The summed E-state index contributed by atoms with van der Waals surface area (Å²) in [5.41, 5.74) is 0.848. The molecule has 0 saturated heterocycles. The predicted octanol–water partition coefficient (Wildman–Crippen LogP) is 7.19. The Balaban J connectivity index is 1.41. The van der Waals surface area contributed by atoms with E-state index in [1.54, 1.807) is 0 Å². The average molecular weight is 475 g/mol. The lowest BCUT2D eigenvalue weighted by Crippen LogP contribution is -2.54. The van der Waals surface area contributed by atoms with E-state index < -0.39 is 0 Å². The van der Waals surface area contributed by atoms with E-state index in [0.717, 1.165) is 49.4 Å². The average Bonchev–Trinajstić information content (AvgIpc) is 3.19. The highest BCUT2D eigenvalue weighted by Gasteiger charge is 2.60. The fourth-order valence-corrected chi connectivity index (χ4v) is 9.40. The molecule has 0 aromatic rings. The lowest BCUT2D eigenvalue weighted by molar-refractivity contribution is -0.166. The first-order valence-corrected chi connectivity index (χ1v) is 14.4. The second-order valence-electron chi connectivity index (χ2n) is 13.1. The molecular weight excluding hydrogens is 424 g/mol. The summed E-state index contributed by atoms with van der Waals surface area (Å²) >= 11 is 0. The third-order valence-electron chi connectivity index (χ3n) is 11.7. The minimum absolute atomic E-state index is 0.0107. The van der Waals surface area contributed by atoms with Crippen molar-refractivity contribution in [3.05, 3.63) is 0 Å². The van der Waals surface area contributed by atoms with E-state index in [9.17, 15) is 9.59 Å². The molecule has 0 aromatic carbocycles. The van der Waals surface area contributed by atoms with Crippen molar-refractivity contribution >= 4 is 11.9 Å². The van der Waals surface area contributed by atoms with Crippen LogP contribution in [0.2, 0.25) is 0 Å². The van der Waals surface area contributed by atoms with Gasteiger partial charge in [-0.1, -0.05) is 34.6 Å². The van der Waals surface area contributed by atoms with Crippen LogP contribution in [-0.2, 0) is 19.1 Å². The highest BCUT2D eigenvalue weighted by atomic mass is 16.5. The molecule has 4 aliphatic rings. The molecular formula is C30H50O4. The van der Waals surface area contributed by atoms with Gasteiger partial charge in [0.05, 0.1) is 13.0 Å². The number of hydrogen-bond donors (Lipinski definition) is 0. The number of fused-ring (bicyclic) bond motifs is 5. The summed E-state index contributed by atoms with van der Waals surface area (Å²) in [5.74, 6) is 4.54. The minimum Gasteiger partial charge on any atom is -0.469 e. The zero-order valence-corrected chi connectivity index (χ0v) is 22.7. The van der Waals surface area contributed by atoms with Gasteiger partial charge in [-0.05, 0) is 117 Å². The molecule has 0 aliphatic heterocycles. The summed E-state index contributed by atoms with van der Waals surface area (Å²) in [5, 5.41) is 0. The molecule has 194 valence electrons. The fraction of sp³-hybridized carbons (Fsp3) is 0.933. The van der Waals surface area contributed by atoms with Crippen LogP contribution in [0.4, 0.5) is 0 Å². The predicted molar refractivity (Wildman–Crippen MR) is 135 cm³/mol. The Morgan fingerprint density at radius 3 is 2.35 bits per heavy atom. The molecule has 0 bridgehead atoms. The van der Waals surface area contributed by atoms with Crippen molar-refractivity contribution in [3.8, 4) is 0 Å². The van der Waals surface area contributed by atoms with Crippen LogP contribution in [0.1, 0.15) is 112 Å². The molecule has 4 nitrogen and oxygen atoms in total. The first kappa shape index (κ1) is 26.0. The van der Waals surface area contributed by atoms with Crippen molar-refractivity contribution in [1.29, 1.82) is 0 Å². The van der Waals surface area contributed by atoms with Crippen LogP contribution < -0.4 is 0 Å². The molecule has 4 saturated carbocycles. The van der Waals surface area contributed by atoms with Crippen molar-refractivity contribution in [2.75, 3.05) is 7.11 Å². The third-order valence-corrected chi connectivity index (χ3v) is 11.7. The monoisotopic (exact) mass is 474 g/mol. The topological polar surface area (TPSA) is 52.6 Å². The SMILES string of the molecule is CCC(C)C(=O)OC1CC[C@@]2(C)C(CCC3C4CCC(C(C)CCC(=O)OC)[C@@]4(C)CCC32)C1. The molecule has 0 spiro atoms. The van der Waals surface area contributed by atoms with Gasteiger partial charge in [0, 0.05) is 6.42 Å². The lowest BCUT2D eigenvalue weighted by Gasteiger charge is -2.61. The Kier molecular flexibility index (Phi) is 7.75. The number of carbonyl (C=O) groups excluding carboxylic acids is 2. The van der Waals surface area contributed by atoms with Crippen LogP contribution in [0, 0.1) is 52.3 Å². The molecule has 8 unspecified atom stereocenters. The van der Waals surface area contributed by atoms with Gasteiger partial charge >= 0.3 is 11.9 Å². The van der Waals surface area contributed by atoms with E-state index in [1.165, 1.54) is 52.1 Å². The number of hydrogen-bond acceptors (Lipinski definition) is 4. The van der Waals surface area contributed by atoms with Gasteiger partial charge < -0.3 is 9.47 Å². The Morgan fingerprint density at radius 1 is 0.941 bits per heavy atom. The van der Waals surface area contributed by atoms with Gasteiger partial charge in [0.25, 0.3) is 0 Å². The Bertz CT molecular complexity index is 748. The molecule has 0 aromatic heterocycles. The second-order valence-corrected chi connectivity index (χ2v) is 13.1. The number of rotatable bonds is 7. The molecule has 4 heteroatoms. The maximum absolute atomic E-state index is 12.4. The van der Waals surface area contributed by atoms with Crippen LogP contribution in [0.5, 0.6) is 0 Å². The first-order valence-electron chi connectivity index (χ1n) is 14.4. The summed E-state index contributed by atoms with van der Waals surface area (Å²) < 4.78 is 10.9. The van der Waals surface area contributed by atoms with Gasteiger partial charge in [-0.25, -0.2) is 0 Å². The number of carbonyl (C=O) groups is 2. The quantitative estimate of drug-likeness (QED) is 0.366. The fourth-order valence-electron chi connectivity index (χ4n) is 9.40. The van der Waals surface area contributed by atoms with Crippen LogP contribution in [0.15, 0.2) is 0 Å². The molecule has 0 amide bonds. The normalized spacial score (nSPS) is 43.1. The van der Waals surface area contributed by atoms with Crippen molar-refractivity contribution in [3.63, 3.8) is 0 Å². The maximum atomic E-state index is 12.4. The zero-order chi connectivity index (χ0) is 24.7. The van der Waals surface area contributed by atoms with Gasteiger partial charge in [0.15, 0.2) is 0 Å². The zero-order valence-electron chi connectivity index (χ0n) is 22.7. The molecule has 10 atom stereocenters. The van der Waals surface area contributed by atoms with Gasteiger partial charge in [-0.3, -0.25) is 9.59 Å². The Labute approximate surface area is 208 Å². The molecule has 4 fully saturated rings. The highest BCUT2D eigenvalue weighted by Crippen LogP contribution is 2.68. The molecule has 0 N–H and O–H groups in total. The number of ether oxygens (including phenoxy) is 2. The van der Waals surface area contributed by atoms with Crippen LogP contribution in [0.3, 0.4) is 0 Å². The first-order chi connectivity index (χ1) is 16.1. The van der Waals surface area contributed by atoms with Crippen molar-refractivity contribution in [1.82, 2.24) is 0 Å². The standard InChI is InChI=1S/C30H50O4/c1-7-19(2)28(32)34-22-14-16-29(4)21(18-22)9-10-23-25-12-11-24(20(3)8-13-27(31)33-6)30(25,5)17-15-26(23)29/h19-26H,7-18H2,1-6H3/t19?,20?,21?,22?,23?,24?,25?,26?,29-,30+/m0/s1. The van der Waals surface area contributed by atoms with E-state index in [4.69, 9.17) is 9.47 Å². The highest BCUT2D eigenvalue weighted by molar-refractivity contribution is 5.72. The summed E-state index contributed by atoms with van der Waals surface area (Å²) in [4.78, 5) is 24.1. The maximum Gasteiger partial charge on any atom is 0.308 e. The van der Waals surface area contributed by atoms with Crippen LogP contribution in [-0.4, -0.2) is 25.2 Å². The summed E-state index contributed by atoms with van der Waals surface area (Å²) in [6.07, 6.45) is 14.0. The van der Waals surface area contributed by atoms with Gasteiger partial charge in [0.1, 0.15) is 6.10 Å². The Morgan fingerprint density at radius 2 is 1.65 bits per heavy atom. The van der Waals surface area contributed by atoms with E-state index in [2.05, 4.69) is 27.7 Å². The second kappa shape index (κ2) is 10.1. The van der Waals surface area contributed by atoms with Crippen LogP contribution >= 0.6 is 0 Å². The van der Waals surface area contributed by atoms with Gasteiger partial charge in [-0.15, -0.1) is 0 Å². The number of methoxy groups -OCH3 is 1. The van der Waals surface area contributed by atoms with E-state index >= 15 is 0 Å². The van der Waals surface area contributed by atoms with Crippen molar-refractivity contribution < 1.29 is 19.1 Å². The van der Waals surface area contributed by atoms with Crippen LogP contribution in [0.25, 0.3) is 0 Å². The molecule has 0 heterocycles. The van der Waals surface area contributed by atoms with E-state index in [1.807, 2.05) is 6.92 Å². The van der Waals surface area contributed by atoms with Gasteiger partial charge in [-0.2, -0.15) is 0 Å². The summed E-state index contributed by atoms with van der Waals surface area (Å²) in [6.45, 7) is 11.6. The third kappa shape index (κ3) is 4.57. The minimum atomic E-state index is -0.0630. The van der Waals surface area contributed by atoms with Crippen molar-refractivity contribution in [2.24, 2.45) is 52.3 Å². The largest absolute Gasteiger partial charge is 0.469 e. The molecule has 4 aliphatic carbocycles. The van der Waals surface area contributed by atoms with Gasteiger partial charge in [0.2, 0.25) is 0 Å². The number of esters is 2. The summed E-state index contributed by atoms with van der Waals surface area (Å²) in [7, 11) is 1.50. The summed E-state index contributed by atoms with van der Waals surface area (Å²) in [6, 6.07) is 0. The Hall–Kier alpha value is -1.06.